The Morgan fingerprint density at radius 1 is 1.29 bits per heavy atom. The summed E-state index contributed by atoms with van der Waals surface area (Å²) in [6.07, 6.45) is 3.38. The van der Waals surface area contributed by atoms with Gasteiger partial charge in [0.1, 0.15) is 0 Å². The molecular weight excluding hydrogens is 266 g/mol. The van der Waals surface area contributed by atoms with E-state index in [-0.39, 0.29) is 11.7 Å². The van der Waals surface area contributed by atoms with Gasteiger partial charge in [-0.25, -0.2) is 0 Å². The van der Waals surface area contributed by atoms with Gasteiger partial charge in [0, 0.05) is 23.8 Å². The van der Waals surface area contributed by atoms with Gasteiger partial charge in [0.25, 0.3) is 0 Å². The maximum absolute atomic E-state index is 12.1. The lowest BCUT2D eigenvalue weighted by Crippen LogP contribution is -2.47. The van der Waals surface area contributed by atoms with E-state index >= 15 is 0 Å². The second-order valence-corrected chi connectivity index (χ2v) is 5.54. The Morgan fingerprint density at radius 3 is 2.62 bits per heavy atom. The van der Waals surface area contributed by atoms with E-state index in [1.807, 2.05) is 0 Å². The number of nitrogens with zero attached hydrogens (tertiary/aromatic N) is 1. The minimum atomic E-state index is -0.0362. The third kappa shape index (κ3) is 4.37. The number of nitrogens with two attached hydrogens (primary N) is 1. The van der Waals surface area contributed by atoms with Crippen molar-refractivity contribution in [1.29, 1.82) is 0 Å². The Bertz CT molecular complexity index is 499. The molecule has 1 aliphatic heterocycles. The van der Waals surface area contributed by atoms with E-state index in [9.17, 15) is 9.59 Å². The molecular formula is C16H23N3O2. The zero-order valence-electron chi connectivity index (χ0n) is 12.5. The summed E-state index contributed by atoms with van der Waals surface area (Å²) in [7, 11) is 0. The Hall–Kier alpha value is -1.72. The predicted octanol–water partition coefficient (Wildman–Crippen LogP) is 1.64. The smallest absolute Gasteiger partial charge is 0.238 e. The molecule has 1 amide bonds. The van der Waals surface area contributed by atoms with Gasteiger partial charge in [-0.1, -0.05) is 6.42 Å². The molecule has 5 nitrogen and oxygen atoms in total. The maximum Gasteiger partial charge on any atom is 0.238 e. The van der Waals surface area contributed by atoms with Gasteiger partial charge in [0.15, 0.2) is 5.78 Å². The summed E-state index contributed by atoms with van der Waals surface area (Å²) in [5.41, 5.74) is 7.12. The van der Waals surface area contributed by atoms with Crippen molar-refractivity contribution in [2.24, 2.45) is 5.73 Å². The lowest BCUT2D eigenvalue weighted by atomic mass is 10.0. The van der Waals surface area contributed by atoms with Crippen LogP contribution in [-0.2, 0) is 4.79 Å². The molecule has 1 unspecified atom stereocenters. The number of ketones is 1. The Balaban J connectivity index is 1.90. The summed E-state index contributed by atoms with van der Waals surface area (Å²) in [6, 6.07) is 7.27. The van der Waals surface area contributed by atoms with E-state index < -0.39 is 0 Å². The van der Waals surface area contributed by atoms with Gasteiger partial charge in [0.05, 0.1) is 6.54 Å². The van der Waals surface area contributed by atoms with E-state index in [1.165, 1.54) is 13.3 Å². The molecule has 1 aromatic rings. The fourth-order valence-corrected chi connectivity index (χ4v) is 2.71. The number of benzene rings is 1. The summed E-state index contributed by atoms with van der Waals surface area (Å²) in [6.45, 7) is 3.42. The number of hydrogen-bond donors (Lipinski definition) is 2. The molecule has 0 spiro atoms. The van der Waals surface area contributed by atoms with E-state index in [2.05, 4.69) is 10.2 Å². The number of Topliss-reactive ketones (excluding diaryl/α,β-unsaturated/α-hetero) is 1. The van der Waals surface area contributed by atoms with Crippen LogP contribution in [0.1, 0.15) is 36.5 Å². The van der Waals surface area contributed by atoms with Gasteiger partial charge in [0.2, 0.25) is 5.91 Å². The first-order valence-corrected chi connectivity index (χ1v) is 7.45. The summed E-state index contributed by atoms with van der Waals surface area (Å²) >= 11 is 0. The lowest BCUT2D eigenvalue weighted by Gasteiger charge is -2.34. The van der Waals surface area contributed by atoms with Crippen LogP contribution in [0.2, 0.25) is 0 Å². The molecule has 1 aromatic carbocycles. The van der Waals surface area contributed by atoms with Crippen molar-refractivity contribution < 1.29 is 9.59 Å². The van der Waals surface area contributed by atoms with E-state index in [1.54, 1.807) is 24.3 Å². The van der Waals surface area contributed by atoms with Crippen LogP contribution in [0.25, 0.3) is 0 Å². The SMILES string of the molecule is CC(=O)c1ccc(NC(=O)CN2CCCCC2CN)cc1. The molecule has 1 fully saturated rings. The molecule has 2 rings (SSSR count). The normalized spacial score (nSPS) is 19.2. The van der Waals surface area contributed by atoms with Crippen LogP contribution < -0.4 is 11.1 Å². The molecule has 0 bridgehead atoms. The Kier molecular flexibility index (Phi) is 5.47. The van der Waals surface area contributed by atoms with Crippen LogP contribution in [0.4, 0.5) is 5.69 Å². The molecule has 1 heterocycles. The van der Waals surface area contributed by atoms with Gasteiger partial charge >= 0.3 is 0 Å². The number of carbonyl (C=O) groups is 2. The van der Waals surface area contributed by atoms with E-state index in [0.717, 1.165) is 19.4 Å². The molecule has 0 aliphatic carbocycles. The van der Waals surface area contributed by atoms with Crippen molar-refractivity contribution in [3.05, 3.63) is 29.8 Å². The van der Waals surface area contributed by atoms with Gasteiger partial charge < -0.3 is 11.1 Å². The molecule has 5 heteroatoms. The van der Waals surface area contributed by atoms with Crippen LogP contribution in [-0.4, -0.2) is 42.3 Å². The second kappa shape index (κ2) is 7.33. The van der Waals surface area contributed by atoms with Gasteiger partial charge in [-0.2, -0.15) is 0 Å². The highest BCUT2D eigenvalue weighted by molar-refractivity contribution is 5.96. The molecule has 114 valence electrons. The first-order valence-electron chi connectivity index (χ1n) is 7.45. The average Bonchev–Trinajstić information content (AvgIpc) is 2.48. The van der Waals surface area contributed by atoms with E-state index in [4.69, 9.17) is 5.73 Å². The number of amides is 1. The largest absolute Gasteiger partial charge is 0.329 e. The van der Waals surface area contributed by atoms with Crippen molar-refractivity contribution in [2.75, 3.05) is 25.0 Å². The number of hydrogen-bond acceptors (Lipinski definition) is 4. The zero-order valence-corrected chi connectivity index (χ0v) is 12.5. The molecule has 21 heavy (non-hydrogen) atoms. The van der Waals surface area contributed by atoms with Crippen molar-refractivity contribution in [2.45, 2.75) is 32.2 Å². The highest BCUT2D eigenvalue weighted by Crippen LogP contribution is 2.16. The van der Waals surface area contributed by atoms with Crippen molar-refractivity contribution in [3.63, 3.8) is 0 Å². The number of nitrogens with one attached hydrogen (secondary N) is 1. The first kappa shape index (κ1) is 15.7. The molecule has 0 radical (unpaired) electrons. The summed E-state index contributed by atoms with van der Waals surface area (Å²) in [4.78, 5) is 25.5. The standard InChI is InChI=1S/C16H23N3O2/c1-12(20)13-5-7-14(8-6-13)18-16(21)11-19-9-3-2-4-15(19)10-17/h5-8,15H,2-4,9-11,17H2,1H3,(H,18,21). The molecule has 3 N–H and O–H groups in total. The molecule has 1 aliphatic rings. The average molecular weight is 289 g/mol. The van der Waals surface area contributed by atoms with Gasteiger partial charge in [-0.15, -0.1) is 0 Å². The number of likely N-dealkylation sites (tertiary alicyclic amines) is 1. The summed E-state index contributed by atoms with van der Waals surface area (Å²) in [5.74, 6) is -0.0158. The number of piperidine rings is 1. The fraction of sp³-hybridized carbons (Fsp3) is 0.500. The predicted molar refractivity (Wildman–Crippen MR) is 83.3 cm³/mol. The second-order valence-electron chi connectivity index (χ2n) is 5.54. The van der Waals surface area contributed by atoms with Crippen LogP contribution in [0.3, 0.4) is 0 Å². The Labute approximate surface area is 125 Å². The lowest BCUT2D eigenvalue weighted by molar-refractivity contribution is -0.118. The molecule has 0 aromatic heterocycles. The minimum absolute atomic E-state index is 0.0204. The quantitative estimate of drug-likeness (QED) is 0.808. The van der Waals surface area contributed by atoms with Crippen LogP contribution in [0.5, 0.6) is 0 Å². The first-order chi connectivity index (χ1) is 10.1. The van der Waals surface area contributed by atoms with E-state index in [0.29, 0.717) is 30.4 Å². The summed E-state index contributed by atoms with van der Waals surface area (Å²) < 4.78 is 0. The number of anilines is 1. The highest BCUT2D eigenvalue weighted by atomic mass is 16.2. The summed E-state index contributed by atoms with van der Waals surface area (Å²) in [5, 5.41) is 2.87. The van der Waals surface area contributed by atoms with Crippen LogP contribution >= 0.6 is 0 Å². The molecule has 1 atom stereocenters. The van der Waals surface area contributed by atoms with Crippen molar-refractivity contribution >= 4 is 17.4 Å². The van der Waals surface area contributed by atoms with Crippen LogP contribution in [0, 0.1) is 0 Å². The zero-order chi connectivity index (χ0) is 15.2. The fourth-order valence-electron chi connectivity index (χ4n) is 2.71. The van der Waals surface area contributed by atoms with Crippen molar-refractivity contribution in [3.8, 4) is 0 Å². The third-order valence-corrected chi connectivity index (χ3v) is 3.94. The molecule has 1 saturated heterocycles. The maximum atomic E-state index is 12.1. The monoisotopic (exact) mass is 289 g/mol. The number of rotatable bonds is 5. The highest BCUT2D eigenvalue weighted by Gasteiger charge is 2.22. The minimum Gasteiger partial charge on any atom is -0.329 e. The van der Waals surface area contributed by atoms with Gasteiger partial charge in [-0.3, -0.25) is 14.5 Å². The topological polar surface area (TPSA) is 75.4 Å². The van der Waals surface area contributed by atoms with Gasteiger partial charge in [-0.05, 0) is 50.6 Å². The number of carbonyl (C=O) groups excluding carboxylic acids is 2. The Morgan fingerprint density at radius 2 is 2.00 bits per heavy atom. The third-order valence-electron chi connectivity index (χ3n) is 3.94. The van der Waals surface area contributed by atoms with Crippen molar-refractivity contribution in [1.82, 2.24) is 4.90 Å². The molecule has 0 saturated carbocycles. The van der Waals surface area contributed by atoms with Crippen LogP contribution in [0.15, 0.2) is 24.3 Å².